The van der Waals surface area contributed by atoms with Crippen molar-refractivity contribution in [2.75, 3.05) is 0 Å². The molecule has 1 aromatic heterocycles. The Kier molecular flexibility index (Phi) is 3.77. The lowest BCUT2D eigenvalue weighted by Gasteiger charge is -2.02. The molecule has 0 aliphatic rings. The minimum atomic E-state index is 0.0416. The molecule has 0 bridgehead atoms. The molecule has 0 aliphatic carbocycles. The van der Waals surface area contributed by atoms with Crippen LogP contribution in [-0.2, 0) is 12.8 Å². The van der Waals surface area contributed by atoms with Crippen LogP contribution in [0.5, 0.6) is 0 Å². The topological polar surface area (TPSA) is 64.9 Å². The first-order valence-corrected chi connectivity index (χ1v) is 6.18. The summed E-state index contributed by atoms with van der Waals surface area (Å²) in [5, 5.41) is 3.97. The van der Waals surface area contributed by atoms with Crippen LogP contribution in [0.2, 0.25) is 0 Å². The molecule has 0 saturated carbocycles. The summed E-state index contributed by atoms with van der Waals surface area (Å²) >= 11 is 0. The van der Waals surface area contributed by atoms with E-state index in [0.717, 1.165) is 0 Å². The van der Waals surface area contributed by atoms with E-state index in [1.165, 1.54) is 16.7 Å². The fraction of sp³-hybridized carbons (Fsp3) is 0.429. The van der Waals surface area contributed by atoms with Gasteiger partial charge in [0.15, 0.2) is 5.82 Å². The Morgan fingerprint density at radius 3 is 2.72 bits per heavy atom. The third-order valence-corrected chi connectivity index (χ3v) is 2.94. The molecule has 2 rings (SSSR count). The van der Waals surface area contributed by atoms with Crippen LogP contribution in [-0.4, -0.2) is 16.2 Å². The maximum Gasteiger partial charge on any atom is 0.228 e. The molecule has 0 spiro atoms. The lowest BCUT2D eigenvalue weighted by molar-refractivity contribution is 0.367. The Morgan fingerprint density at radius 1 is 1.28 bits per heavy atom. The molecule has 0 saturated heterocycles. The van der Waals surface area contributed by atoms with E-state index >= 15 is 0 Å². The van der Waals surface area contributed by atoms with Gasteiger partial charge in [0.25, 0.3) is 0 Å². The van der Waals surface area contributed by atoms with Gasteiger partial charge in [-0.15, -0.1) is 0 Å². The number of nitrogens with two attached hydrogens (primary N) is 1. The summed E-state index contributed by atoms with van der Waals surface area (Å²) in [6, 6.07) is 6.42. The molecule has 1 unspecified atom stereocenters. The zero-order valence-corrected chi connectivity index (χ0v) is 11.1. The lowest BCUT2D eigenvalue weighted by Crippen LogP contribution is -2.17. The first-order valence-electron chi connectivity index (χ1n) is 6.18. The second kappa shape index (κ2) is 5.31. The van der Waals surface area contributed by atoms with Gasteiger partial charge in [0.05, 0.1) is 0 Å². The second-order valence-corrected chi connectivity index (χ2v) is 4.88. The number of aryl methyl sites for hydroxylation is 2. The summed E-state index contributed by atoms with van der Waals surface area (Å²) in [4.78, 5) is 4.34. The maximum absolute atomic E-state index is 5.69. The summed E-state index contributed by atoms with van der Waals surface area (Å²) in [6.45, 7) is 6.14. The molecule has 2 aromatic rings. The third kappa shape index (κ3) is 3.17. The zero-order chi connectivity index (χ0) is 13.1. The van der Waals surface area contributed by atoms with Gasteiger partial charge in [0.2, 0.25) is 5.89 Å². The van der Waals surface area contributed by atoms with E-state index in [2.05, 4.69) is 42.2 Å². The molecule has 4 nitrogen and oxygen atoms in total. The molecule has 1 atom stereocenters. The standard InChI is InChI=1S/C14H19N3O/c1-9-4-5-12(6-10(9)2)8-13-16-14(18-17-13)7-11(3)15/h4-6,11H,7-8,15H2,1-3H3. The van der Waals surface area contributed by atoms with Crippen LogP contribution < -0.4 is 5.73 Å². The second-order valence-electron chi connectivity index (χ2n) is 4.88. The number of nitrogens with zero attached hydrogens (tertiary/aromatic N) is 2. The number of benzene rings is 1. The Balaban J connectivity index is 2.08. The van der Waals surface area contributed by atoms with E-state index in [1.807, 2.05) is 6.92 Å². The first-order chi connectivity index (χ1) is 8.54. The van der Waals surface area contributed by atoms with E-state index in [0.29, 0.717) is 24.6 Å². The average molecular weight is 245 g/mol. The van der Waals surface area contributed by atoms with E-state index in [9.17, 15) is 0 Å². The smallest absolute Gasteiger partial charge is 0.228 e. The number of hydrogen-bond donors (Lipinski definition) is 1. The monoisotopic (exact) mass is 245 g/mol. The molecule has 0 amide bonds. The van der Waals surface area contributed by atoms with Crippen molar-refractivity contribution in [2.45, 2.75) is 39.7 Å². The molecule has 2 N–H and O–H groups in total. The molecule has 96 valence electrons. The number of rotatable bonds is 4. The van der Waals surface area contributed by atoms with Crippen molar-refractivity contribution in [1.82, 2.24) is 10.1 Å². The Hall–Kier alpha value is -1.68. The van der Waals surface area contributed by atoms with Gasteiger partial charge in [-0.1, -0.05) is 23.4 Å². The molecular formula is C14H19N3O. The normalized spacial score (nSPS) is 12.7. The summed E-state index contributed by atoms with van der Waals surface area (Å²) < 4.78 is 5.16. The largest absolute Gasteiger partial charge is 0.339 e. The van der Waals surface area contributed by atoms with Crippen LogP contribution in [0.25, 0.3) is 0 Å². The van der Waals surface area contributed by atoms with Gasteiger partial charge >= 0.3 is 0 Å². The van der Waals surface area contributed by atoms with Crippen molar-refractivity contribution in [3.63, 3.8) is 0 Å². The van der Waals surface area contributed by atoms with Crippen molar-refractivity contribution in [3.8, 4) is 0 Å². The number of hydrogen-bond acceptors (Lipinski definition) is 4. The van der Waals surface area contributed by atoms with Crippen LogP contribution in [0, 0.1) is 13.8 Å². The van der Waals surface area contributed by atoms with Crippen LogP contribution in [0.4, 0.5) is 0 Å². The molecule has 1 heterocycles. The predicted octanol–water partition coefficient (Wildman–Crippen LogP) is 2.17. The minimum Gasteiger partial charge on any atom is -0.339 e. The summed E-state index contributed by atoms with van der Waals surface area (Å²) in [7, 11) is 0. The van der Waals surface area contributed by atoms with Crippen molar-refractivity contribution < 1.29 is 4.52 Å². The third-order valence-electron chi connectivity index (χ3n) is 2.94. The molecule has 18 heavy (non-hydrogen) atoms. The van der Waals surface area contributed by atoms with Crippen molar-refractivity contribution >= 4 is 0 Å². The van der Waals surface area contributed by atoms with E-state index in [-0.39, 0.29) is 6.04 Å². The average Bonchev–Trinajstić information content (AvgIpc) is 2.70. The minimum absolute atomic E-state index is 0.0416. The summed E-state index contributed by atoms with van der Waals surface area (Å²) in [6.07, 6.45) is 1.32. The van der Waals surface area contributed by atoms with Crippen LogP contribution in [0.3, 0.4) is 0 Å². The summed E-state index contributed by atoms with van der Waals surface area (Å²) in [5.41, 5.74) is 9.48. The molecule has 0 radical (unpaired) electrons. The molecule has 1 aromatic carbocycles. The zero-order valence-electron chi connectivity index (χ0n) is 11.1. The quantitative estimate of drug-likeness (QED) is 0.896. The van der Waals surface area contributed by atoms with Crippen molar-refractivity contribution in [2.24, 2.45) is 5.73 Å². The fourth-order valence-corrected chi connectivity index (χ4v) is 1.82. The molecular weight excluding hydrogens is 226 g/mol. The van der Waals surface area contributed by atoms with E-state index in [1.54, 1.807) is 0 Å². The van der Waals surface area contributed by atoms with Gasteiger partial charge in [-0.2, -0.15) is 4.98 Å². The highest BCUT2D eigenvalue weighted by Crippen LogP contribution is 2.13. The van der Waals surface area contributed by atoms with Crippen LogP contribution in [0.1, 0.15) is 35.3 Å². The van der Waals surface area contributed by atoms with Crippen LogP contribution >= 0.6 is 0 Å². The van der Waals surface area contributed by atoms with Gasteiger partial charge in [-0.25, -0.2) is 0 Å². The van der Waals surface area contributed by atoms with Gasteiger partial charge in [-0.05, 0) is 37.5 Å². The van der Waals surface area contributed by atoms with E-state index < -0.39 is 0 Å². The van der Waals surface area contributed by atoms with Gasteiger partial charge < -0.3 is 10.3 Å². The Labute approximate surface area is 107 Å². The Bertz CT molecular complexity index is 532. The predicted molar refractivity (Wildman–Crippen MR) is 70.4 cm³/mol. The molecule has 0 fully saturated rings. The lowest BCUT2D eigenvalue weighted by atomic mass is 10.0. The fourth-order valence-electron chi connectivity index (χ4n) is 1.82. The van der Waals surface area contributed by atoms with Crippen molar-refractivity contribution in [1.29, 1.82) is 0 Å². The van der Waals surface area contributed by atoms with Gasteiger partial charge in [0.1, 0.15) is 0 Å². The van der Waals surface area contributed by atoms with Crippen LogP contribution in [0.15, 0.2) is 22.7 Å². The number of aromatic nitrogens is 2. The van der Waals surface area contributed by atoms with E-state index in [4.69, 9.17) is 10.3 Å². The van der Waals surface area contributed by atoms with Crippen molar-refractivity contribution in [3.05, 3.63) is 46.6 Å². The highest BCUT2D eigenvalue weighted by molar-refractivity contribution is 5.31. The highest BCUT2D eigenvalue weighted by Gasteiger charge is 2.09. The van der Waals surface area contributed by atoms with Gasteiger partial charge in [0, 0.05) is 18.9 Å². The van der Waals surface area contributed by atoms with Gasteiger partial charge in [-0.3, -0.25) is 0 Å². The molecule has 4 heteroatoms. The highest BCUT2D eigenvalue weighted by atomic mass is 16.5. The Morgan fingerprint density at radius 2 is 2.06 bits per heavy atom. The maximum atomic E-state index is 5.69. The SMILES string of the molecule is Cc1ccc(Cc2noc(CC(C)N)n2)cc1C. The summed E-state index contributed by atoms with van der Waals surface area (Å²) in [5.74, 6) is 1.33. The molecule has 0 aliphatic heterocycles. The first kappa shape index (κ1) is 12.8.